The Bertz CT molecular complexity index is 441. The lowest BCUT2D eigenvalue weighted by atomic mass is 10.1. The Kier molecular flexibility index (Phi) is 4.99. The molecule has 112 valence electrons. The minimum Gasteiger partial charge on any atom is -0.378 e. The smallest absolute Gasteiger partial charge is 0.378 e. The first-order valence-electron chi connectivity index (χ1n) is 6.65. The van der Waals surface area contributed by atoms with Gasteiger partial charge in [-0.1, -0.05) is 6.07 Å². The van der Waals surface area contributed by atoms with E-state index in [0.717, 1.165) is 31.9 Å². The van der Waals surface area contributed by atoms with Crippen LogP contribution in [0.25, 0.3) is 0 Å². The maximum atomic E-state index is 12.9. The van der Waals surface area contributed by atoms with E-state index < -0.39 is 17.6 Å². The van der Waals surface area contributed by atoms with E-state index in [2.05, 4.69) is 5.32 Å². The van der Waals surface area contributed by atoms with E-state index in [0.29, 0.717) is 12.6 Å². The number of alkyl halides is 3. The number of benzene rings is 1. The molecule has 1 heterocycles. The van der Waals surface area contributed by atoms with Gasteiger partial charge in [-0.15, -0.1) is 0 Å². The second-order valence-electron chi connectivity index (χ2n) is 4.90. The fraction of sp³-hybridized carbons (Fsp3) is 0.571. The lowest BCUT2D eigenvalue weighted by molar-refractivity contribution is -0.138. The largest absolute Gasteiger partial charge is 0.416 e. The predicted molar refractivity (Wildman–Crippen MR) is 66.7 cm³/mol. The van der Waals surface area contributed by atoms with Gasteiger partial charge in [0.1, 0.15) is 5.82 Å². The van der Waals surface area contributed by atoms with Crippen LogP contribution in [0.1, 0.15) is 30.4 Å². The van der Waals surface area contributed by atoms with Crippen molar-refractivity contribution in [2.45, 2.75) is 38.1 Å². The fourth-order valence-corrected chi connectivity index (χ4v) is 2.32. The Balaban J connectivity index is 1.88. The Morgan fingerprint density at radius 1 is 1.30 bits per heavy atom. The van der Waals surface area contributed by atoms with Crippen LogP contribution in [0.5, 0.6) is 0 Å². The maximum Gasteiger partial charge on any atom is 0.416 e. The zero-order chi connectivity index (χ0) is 14.6. The highest BCUT2D eigenvalue weighted by atomic mass is 19.4. The van der Waals surface area contributed by atoms with E-state index in [1.165, 1.54) is 6.07 Å². The maximum absolute atomic E-state index is 12.9. The number of rotatable bonds is 5. The van der Waals surface area contributed by atoms with Gasteiger partial charge in [-0.25, -0.2) is 4.39 Å². The molecule has 6 heteroatoms. The van der Waals surface area contributed by atoms with Crippen LogP contribution < -0.4 is 5.32 Å². The zero-order valence-electron chi connectivity index (χ0n) is 11.0. The van der Waals surface area contributed by atoms with Gasteiger partial charge in [-0.05, 0) is 43.5 Å². The number of halogens is 4. The molecule has 1 aromatic rings. The summed E-state index contributed by atoms with van der Waals surface area (Å²) in [5.74, 6) is -0.875. The average molecular weight is 291 g/mol. The molecule has 1 saturated heterocycles. The van der Waals surface area contributed by atoms with Gasteiger partial charge < -0.3 is 10.1 Å². The number of hydrogen-bond acceptors (Lipinski definition) is 2. The highest BCUT2D eigenvalue weighted by molar-refractivity contribution is 5.30. The van der Waals surface area contributed by atoms with Crippen LogP contribution in [0.2, 0.25) is 0 Å². The minimum absolute atomic E-state index is 0.0613. The van der Waals surface area contributed by atoms with Crippen molar-refractivity contribution in [1.82, 2.24) is 5.32 Å². The first-order chi connectivity index (χ1) is 9.47. The second-order valence-corrected chi connectivity index (χ2v) is 4.90. The number of ether oxygens (including phenoxy) is 1. The van der Waals surface area contributed by atoms with Crippen LogP contribution in [0.3, 0.4) is 0 Å². The molecule has 0 amide bonds. The van der Waals surface area contributed by atoms with Gasteiger partial charge in [0.05, 0.1) is 11.7 Å². The summed E-state index contributed by atoms with van der Waals surface area (Å²) in [6, 6.07) is 2.76. The lowest BCUT2D eigenvalue weighted by Gasteiger charge is -2.14. The van der Waals surface area contributed by atoms with Crippen molar-refractivity contribution in [1.29, 1.82) is 0 Å². The van der Waals surface area contributed by atoms with Crippen molar-refractivity contribution in [2.75, 3.05) is 13.2 Å². The molecular weight excluding hydrogens is 274 g/mol. The van der Waals surface area contributed by atoms with Gasteiger partial charge in [0, 0.05) is 13.2 Å². The molecule has 0 spiro atoms. The Hall–Kier alpha value is -1.14. The van der Waals surface area contributed by atoms with Gasteiger partial charge in [-0.3, -0.25) is 0 Å². The van der Waals surface area contributed by atoms with Gasteiger partial charge in [-0.2, -0.15) is 13.2 Å². The summed E-state index contributed by atoms with van der Waals surface area (Å²) in [5.41, 5.74) is -0.853. The number of nitrogens with one attached hydrogen (secondary N) is 1. The summed E-state index contributed by atoms with van der Waals surface area (Å²) >= 11 is 0. The van der Waals surface area contributed by atoms with Crippen molar-refractivity contribution in [3.8, 4) is 0 Å². The van der Waals surface area contributed by atoms with Crippen molar-refractivity contribution < 1.29 is 22.3 Å². The van der Waals surface area contributed by atoms with Crippen LogP contribution >= 0.6 is 0 Å². The summed E-state index contributed by atoms with van der Waals surface area (Å²) in [4.78, 5) is 0. The molecule has 1 aliphatic heterocycles. The molecule has 1 unspecified atom stereocenters. The van der Waals surface area contributed by atoms with Gasteiger partial charge in [0.15, 0.2) is 0 Å². The third-order valence-electron chi connectivity index (χ3n) is 3.36. The van der Waals surface area contributed by atoms with Crippen LogP contribution in [0, 0.1) is 5.82 Å². The molecule has 1 aliphatic rings. The van der Waals surface area contributed by atoms with Crippen molar-refractivity contribution in [3.05, 3.63) is 35.1 Å². The highest BCUT2D eigenvalue weighted by Crippen LogP contribution is 2.32. The second kappa shape index (κ2) is 6.54. The molecule has 2 nitrogen and oxygen atoms in total. The molecular formula is C14H17F4NO. The normalized spacial score (nSPS) is 19.5. The van der Waals surface area contributed by atoms with E-state index in [1.54, 1.807) is 0 Å². The molecule has 0 aromatic heterocycles. The van der Waals surface area contributed by atoms with E-state index in [1.807, 2.05) is 0 Å². The molecule has 1 atom stereocenters. The van der Waals surface area contributed by atoms with Gasteiger partial charge >= 0.3 is 6.18 Å². The van der Waals surface area contributed by atoms with E-state index in [4.69, 9.17) is 4.74 Å². The summed E-state index contributed by atoms with van der Waals surface area (Å²) in [5, 5.41) is 2.96. The highest BCUT2D eigenvalue weighted by Gasteiger charge is 2.33. The molecule has 0 aliphatic carbocycles. The van der Waals surface area contributed by atoms with Gasteiger partial charge in [0.2, 0.25) is 0 Å². The SMILES string of the molecule is Fc1ccc(CNCCC2CCCO2)c(C(F)(F)F)c1. The van der Waals surface area contributed by atoms with Crippen LogP contribution in [0.4, 0.5) is 17.6 Å². The third-order valence-corrected chi connectivity index (χ3v) is 3.36. The van der Waals surface area contributed by atoms with Crippen molar-refractivity contribution >= 4 is 0 Å². The molecule has 0 bridgehead atoms. The minimum atomic E-state index is -4.53. The molecule has 1 N–H and O–H groups in total. The topological polar surface area (TPSA) is 21.3 Å². The Labute approximate surface area is 115 Å². The first-order valence-corrected chi connectivity index (χ1v) is 6.65. The lowest BCUT2D eigenvalue weighted by Crippen LogP contribution is -2.22. The average Bonchev–Trinajstić information content (AvgIpc) is 2.88. The van der Waals surface area contributed by atoms with Crippen molar-refractivity contribution in [2.24, 2.45) is 0 Å². The van der Waals surface area contributed by atoms with Crippen LogP contribution in [-0.2, 0) is 17.5 Å². The molecule has 1 fully saturated rings. The van der Waals surface area contributed by atoms with Gasteiger partial charge in [0.25, 0.3) is 0 Å². The van der Waals surface area contributed by atoms with Crippen LogP contribution in [0.15, 0.2) is 18.2 Å². The van der Waals surface area contributed by atoms with E-state index in [-0.39, 0.29) is 18.2 Å². The fourth-order valence-electron chi connectivity index (χ4n) is 2.32. The van der Waals surface area contributed by atoms with Crippen molar-refractivity contribution in [3.63, 3.8) is 0 Å². The summed E-state index contributed by atoms with van der Waals surface area (Å²) in [7, 11) is 0. The first kappa shape index (κ1) is 15.3. The Morgan fingerprint density at radius 3 is 2.75 bits per heavy atom. The number of hydrogen-bond donors (Lipinski definition) is 1. The summed E-state index contributed by atoms with van der Waals surface area (Å²) in [6.45, 7) is 1.42. The van der Waals surface area contributed by atoms with Crippen LogP contribution in [-0.4, -0.2) is 19.3 Å². The summed E-state index contributed by atoms with van der Waals surface area (Å²) in [6.07, 6.45) is -1.50. The molecule has 0 radical (unpaired) electrons. The summed E-state index contributed by atoms with van der Waals surface area (Å²) < 4.78 is 56.7. The standard InChI is InChI=1S/C14H17F4NO/c15-11-4-3-10(13(8-11)14(16,17)18)9-19-6-5-12-2-1-7-20-12/h3-4,8,12,19H,1-2,5-7,9H2. The quantitative estimate of drug-likeness (QED) is 0.662. The Morgan fingerprint density at radius 2 is 2.10 bits per heavy atom. The monoisotopic (exact) mass is 291 g/mol. The van der Waals surface area contributed by atoms with E-state index >= 15 is 0 Å². The third kappa shape index (κ3) is 4.18. The molecule has 0 saturated carbocycles. The zero-order valence-corrected chi connectivity index (χ0v) is 11.0. The molecule has 1 aromatic carbocycles. The van der Waals surface area contributed by atoms with E-state index in [9.17, 15) is 17.6 Å². The predicted octanol–water partition coefficient (Wildman–Crippen LogP) is 3.50. The molecule has 20 heavy (non-hydrogen) atoms. The molecule has 2 rings (SSSR count).